The molecule has 2 atom stereocenters. The summed E-state index contributed by atoms with van der Waals surface area (Å²) in [5.74, 6) is -1.61. The number of imidazole rings is 1. The molecule has 0 radical (unpaired) electrons. The Kier molecular flexibility index (Phi) is 10.4. The summed E-state index contributed by atoms with van der Waals surface area (Å²) in [5.41, 5.74) is 3.48. The molecule has 10 heteroatoms. The molecule has 0 bridgehead atoms. The van der Waals surface area contributed by atoms with Crippen molar-refractivity contribution in [2.45, 2.75) is 52.4 Å². The van der Waals surface area contributed by atoms with E-state index < -0.39 is 29.7 Å². The molecule has 0 aliphatic rings. The molecule has 0 aliphatic carbocycles. The summed E-state index contributed by atoms with van der Waals surface area (Å²) >= 11 is 0. The lowest BCUT2D eigenvalue weighted by atomic mass is 9.98. The van der Waals surface area contributed by atoms with Gasteiger partial charge in [0.15, 0.2) is 0 Å². The van der Waals surface area contributed by atoms with E-state index in [0.717, 1.165) is 11.6 Å². The van der Waals surface area contributed by atoms with Crippen molar-refractivity contribution in [3.8, 4) is 5.75 Å². The standard InChI is InChI=1S/C33H36F2N4O4/c1-5-39-19-37-21(3)31(39)32(41)24-9-20(2)10-25(15-24)33(42)38-29(14-23-11-26(34)16-27(35)12-23)30(40)18-36-17-22-7-6-8-28(13-22)43-4/h6-13,15-16,19,29-30,36,40H,5,14,17-18H2,1-4H3,(H,38,42)/t29-,30-/m0/s1. The van der Waals surface area contributed by atoms with Gasteiger partial charge in [-0.05, 0) is 86.3 Å². The second kappa shape index (κ2) is 14.2. The number of halogens is 2. The molecule has 1 heterocycles. The van der Waals surface area contributed by atoms with Crippen molar-refractivity contribution in [1.82, 2.24) is 20.2 Å². The van der Waals surface area contributed by atoms with Gasteiger partial charge in [0.25, 0.3) is 5.91 Å². The predicted molar refractivity (Wildman–Crippen MR) is 159 cm³/mol. The van der Waals surface area contributed by atoms with E-state index in [2.05, 4.69) is 15.6 Å². The molecule has 0 saturated carbocycles. The third kappa shape index (κ3) is 8.12. The van der Waals surface area contributed by atoms with E-state index in [1.807, 2.05) is 31.2 Å². The minimum absolute atomic E-state index is 0.0328. The number of nitrogens with zero attached hydrogens (tertiary/aromatic N) is 2. The Morgan fingerprint density at radius 3 is 2.42 bits per heavy atom. The molecular formula is C33H36F2N4O4. The first kappa shape index (κ1) is 31.5. The lowest BCUT2D eigenvalue weighted by Crippen LogP contribution is -2.48. The average molecular weight is 591 g/mol. The lowest BCUT2D eigenvalue weighted by molar-refractivity contribution is 0.0829. The van der Waals surface area contributed by atoms with E-state index in [1.54, 1.807) is 44.0 Å². The van der Waals surface area contributed by atoms with Gasteiger partial charge < -0.3 is 25.0 Å². The number of carbonyl (C=O) groups is 2. The molecule has 226 valence electrons. The number of carbonyl (C=O) groups excluding carboxylic acids is 2. The van der Waals surface area contributed by atoms with Gasteiger partial charge in [0, 0.05) is 36.8 Å². The first-order valence-corrected chi connectivity index (χ1v) is 14.0. The van der Waals surface area contributed by atoms with E-state index in [1.165, 1.54) is 18.2 Å². The molecule has 1 aromatic heterocycles. The van der Waals surface area contributed by atoms with Gasteiger partial charge in [-0.1, -0.05) is 12.1 Å². The van der Waals surface area contributed by atoms with Crippen molar-refractivity contribution >= 4 is 11.7 Å². The molecule has 0 saturated heterocycles. The number of amides is 1. The van der Waals surface area contributed by atoms with Crippen LogP contribution in [0.1, 0.15) is 55.7 Å². The number of aryl methyl sites for hydroxylation is 3. The third-order valence-corrected chi connectivity index (χ3v) is 7.15. The molecule has 4 aromatic rings. The van der Waals surface area contributed by atoms with Crippen molar-refractivity contribution in [3.05, 3.63) is 118 Å². The molecule has 0 unspecified atom stereocenters. The van der Waals surface area contributed by atoms with Gasteiger partial charge in [0.2, 0.25) is 5.78 Å². The van der Waals surface area contributed by atoms with Crippen LogP contribution in [-0.2, 0) is 19.5 Å². The van der Waals surface area contributed by atoms with Crippen LogP contribution in [0.25, 0.3) is 0 Å². The molecule has 4 rings (SSSR count). The van der Waals surface area contributed by atoms with Crippen LogP contribution >= 0.6 is 0 Å². The Bertz CT molecular complexity index is 1580. The highest BCUT2D eigenvalue weighted by Gasteiger charge is 2.25. The minimum Gasteiger partial charge on any atom is -0.497 e. The van der Waals surface area contributed by atoms with Gasteiger partial charge in [-0.3, -0.25) is 9.59 Å². The van der Waals surface area contributed by atoms with Crippen LogP contribution < -0.4 is 15.4 Å². The van der Waals surface area contributed by atoms with Crippen molar-refractivity contribution in [2.24, 2.45) is 0 Å². The Hall–Kier alpha value is -4.41. The molecule has 3 aromatic carbocycles. The van der Waals surface area contributed by atoms with Crippen molar-refractivity contribution in [2.75, 3.05) is 13.7 Å². The van der Waals surface area contributed by atoms with Crippen LogP contribution in [0.4, 0.5) is 8.78 Å². The predicted octanol–water partition coefficient (Wildman–Crippen LogP) is 4.53. The second-order valence-electron chi connectivity index (χ2n) is 10.5. The number of hydrogen-bond acceptors (Lipinski definition) is 6. The summed E-state index contributed by atoms with van der Waals surface area (Å²) in [5, 5.41) is 17.1. The minimum atomic E-state index is -1.12. The zero-order chi connectivity index (χ0) is 31.1. The molecule has 1 amide bonds. The smallest absolute Gasteiger partial charge is 0.251 e. The zero-order valence-corrected chi connectivity index (χ0v) is 24.7. The van der Waals surface area contributed by atoms with Gasteiger partial charge >= 0.3 is 0 Å². The molecule has 43 heavy (non-hydrogen) atoms. The molecule has 0 aliphatic heterocycles. The lowest BCUT2D eigenvalue weighted by Gasteiger charge is -2.25. The number of benzene rings is 3. The van der Waals surface area contributed by atoms with Crippen molar-refractivity contribution < 1.29 is 28.2 Å². The SMILES string of the molecule is CCn1cnc(C)c1C(=O)c1cc(C)cc(C(=O)N[C@@H](Cc2cc(F)cc(F)c2)[C@@H](O)CNCc2cccc(OC)c2)c1. The molecular weight excluding hydrogens is 554 g/mol. The average Bonchev–Trinajstić information content (AvgIpc) is 3.35. The number of aliphatic hydroxyl groups excluding tert-OH is 1. The molecule has 0 fully saturated rings. The van der Waals surface area contributed by atoms with Gasteiger partial charge in [0.05, 0.1) is 31.3 Å². The Morgan fingerprint density at radius 1 is 1.00 bits per heavy atom. The van der Waals surface area contributed by atoms with Crippen LogP contribution in [0.3, 0.4) is 0 Å². The number of rotatable bonds is 13. The maximum Gasteiger partial charge on any atom is 0.251 e. The number of aromatic nitrogens is 2. The van der Waals surface area contributed by atoms with Crippen molar-refractivity contribution in [3.63, 3.8) is 0 Å². The monoisotopic (exact) mass is 590 g/mol. The van der Waals surface area contributed by atoms with E-state index in [0.29, 0.717) is 41.4 Å². The quantitative estimate of drug-likeness (QED) is 0.198. The van der Waals surface area contributed by atoms with Crippen molar-refractivity contribution in [1.29, 1.82) is 0 Å². The maximum atomic E-state index is 14.0. The fraction of sp³-hybridized carbons (Fsp3) is 0.303. The van der Waals surface area contributed by atoms with Crippen LogP contribution in [0, 0.1) is 25.5 Å². The second-order valence-corrected chi connectivity index (χ2v) is 10.5. The Labute approximate surface area is 249 Å². The van der Waals surface area contributed by atoms with Gasteiger partial charge in [0.1, 0.15) is 23.1 Å². The van der Waals surface area contributed by atoms with Crippen LogP contribution in [-0.4, -0.2) is 52.1 Å². The maximum absolute atomic E-state index is 14.0. The zero-order valence-electron chi connectivity index (χ0n) is 24.7. The van der Waals surface area contributed by atoms with E-state index in [-0.39, 0.29) is 29.9 Å². The normalized spacial score (nSPS) is 12.5. The summed E-state index contributed by atoms with van der Waals surface area (Å²) in [7, 11) is 1.58. The van der Waals surface area contributed by atoms with Gasteiger partial charge in [-0.2, -0.15) is 0 Å². The first-order chi connectivity index (χ1) is 20.6. The molecule has 3 N–H and O–H groups in total. The molecule has 8 nitrogen and oxygen atoms in total. The summed E-state index contributed by atoms with van der Waals surface area (Å²) in [6.07, 6.45) is 0.457. The Balaban J connectivity index is 1.55. The molecule has 0 spiro atoms. The third-order valence-electron chi connectivity index (χ3n) is 7.15. The highest BCUT2D eigenvalue weighted by atomic mass is 19.1. The van der Waals surface area contributed by atoms with Crippen LogP contribution in [0.2, 0.25) is 0 Å². The fourth-order valence-corrected chi connectivity index (χ4v) is 5.01. The summed E-state index contributed by atoms with van der Waals surface area (Å²) in [6.45, 7) is 6.51. The fourth-order valence-electron chi connectivity index (χ4n) is 5.01. The highest BCUT2D eigenvalue weighted by molar-refractivity contribution is 6.10. The number of ether oxygens (including phenoxy) is 1. The van der Waals surface area contributed by atoms with E-state index in [4.69, 9.17) is 4.74 Å². The summed E-state index contributed by atoms with van der Waals surface area (Å²) in [4.78, 5) is 31.2. The number of methoxy groups -OCH3 is 1. The topological polar surface area (TPSA) is 105 Å². The van der Waals surface area contributed by atoms with Crippen LogP contribution in [0.15, 0.2) is 67.0 Å². The summed E-state index contributed by atoms with van der Waals surface area (Å²) in [6, 6.07) is 14.5. The highest BCUT2D eigenvalue weighted by Crippen LogP contribution is 2.19. The number of nitrogens with one attached hydrogen (secondary N) is 2. The number of hydrogen-bond donors (Lipinski definition) is 3. The van der Waals surface area contributed by atoms with E-state index in [9.17, 15) is 23.5 Å². The largest absolute Gasteiger partial charge is 0.497 e. The van der Waals surface area contributed by atoms with Gasteiger partial charge in [-0.25, -0.2) is 13.8 Å². The van der Waals surface area contributed by atoms with E-state index >= 15 is 0 Å². The van der Waals surface area contributed by atoms with Gasteiger partial charge in [-0.15, -0.1) is 0 Å². The summed E-state index contributed by atoms with van der Waals surface area (Å²) < 4.78 is 34.9. The number of ketones is 1. The van der Waals surface area contributed by atoms with Crippen LogP contribution in [0.5, 0.6) is 5.75 Å². The number of aliphatic hydroxyl groups is 1. The first-order valence-electron chi connectivity index (χ1n) is 14.0. The Morgan fingerprint density at radius 2 is 1.72 bits per heavy atom.